The van der Waals surface area contributed by atoms with Gasteiger partial charge in [-0.25, -0.2) is 0 Å². The SMILES string of the molecule is C#Cc1ccc(C(CC#N)NC)cc1.C=O.CC(C)(CCO)CC(=O)N1CCC(O)C1.NN. The fourth-order valence-electron chi connectivity index (χ4n) is 3.17. The van der Waals surface area contributed by atoms with Crippen LogP contribution < -0.4 is 17.0 Å². The number of β-amino-alcohol motifs (C(OH)–C–C–N with tert-alkyl or cyclic N) is 1. The van der Waals surface area contributed by atoms with Crippen LogP contribution in [-0.2, 0) is 9.59 Å². The lowest BCUT2D eigenvalue weighted by molar-refractivity contribution is -0.132. The van der Waals surface area contributed by atoms with Gasteiger partial charge >= 0.3 is 0 Å². The first-order valence-corrected chi connectivity index (χ1v) is 10.6. The van der Waals surface area contributed by atoms with E-state index < -0.39 is 0 Å². The molecule has 1 aromatic rings. The van der Waals surface area contributed by atoms with E-state index in [0.717, 1.165) is 11.1 Å². The second-order valence-corrected chi connectivity index (χ2v) is 8.07. The van der Waals surface area contributed by atoms with Crippen molar-refractivity contribution >= 4 is 12.7 Å². The maximum absolute atomic E-state index is 11.8. The number of benzene rings is 1. The average Bonchev–Trinajstić information content (AvgIpc) is 3.27. The highest BCUT2D eigenvalue weighted by Crippen LogP contribution is 2.26. The van der Waals surface area contributed by atoms with E-state index in [0.29, 0.717) is 38.8 Å². The van der Waals surface area contributed by atoms with Gasteiger partial charge in [-0.3, -0.25) is 16.5 Å². The quantitative estimate of drug-likeness (QED) is 0.226. The Labute approximate surface area is 197 Å². The van der Waals surface area contributed by atoms with E-state index in [2.05, 4.69) is 29.0 Å². The van der Waals surface area contributed by atoms with Crippen LogP contribution >= 0.6 is 0 Å². The van der Waals surface area contributed by atoms with E-state index in [4.69, 9.17) is 21.6 Å². The number of hydrazine groups is 1. The average molecular weight is 462 g/mol. The standard InChI is InChI=1S/C12H12N2.C11H21NO3.CH2O.H4N2/c1-3-10-4-6-11(7-5-10)12(14-2)8-9-13;1-11(2,4-6-13)7-10(15)12-5-3-9(14)8-12;2*1-2/h1,4-7,12,14H,8H2,2H3;9,13-14H,3-8H2,1-2H3;1H2;1-2H2. The van der Waals surface area contributed by atoms with Gasteiger partial charge in [0.1, 0.15) is 6.79 Å². The topological polar surface area (TPSA) is 166 Å². The minimum absolute atomic E-state index is 0.0880. The van der Waals surface area contributed by atoms with Crippen LogP contribution in [0.1, 0.15) is 56.7 Å². The lowest BCUT2D eigenvalue weighted by Crippen LogP contribution is -2.33. The molecule has 2 unspecified atom stereocenters. The van der Waals surface area contributed by atoms with Crippen molar-refractivity contribution in [2.45, 2.75) is 51.7 Å². The van der Waals surface area contributed by atoms with Gasteiger partial charge in [0.15, 0.2) is 0 Å². The number of hydrogen-bond donors (Lipinski definition) is 5. The summed E-state index contributed by atoms with van der Waals surface area (Å²) in [5.41, 5.74) is 1.80. The van der Waals surface area contributed by atoms with Crippen LogP contribution in [0.5, 0.6) is 0 Å². The highest BCUT2D eigenvalue weighted by molar-refractivity contribution is 5.77. The Hall–Kier alpha value is -2.79. The molecule has 1 amide bonds. The summed E-state index contributed by atoms with van der Waals surface area (Å²) in [7, 11) is 1.84. The maximum atomic E-state index is 11.8. The number of hydrogen-bond acceptors (Lipinski definition) is 8. The predicted molar refractivity (Wildman–Crippen MR) is 129 cm³/mol. The molecule has 0 aromatic heterocycles. The van der Waals surface area contributed by atoms with Crippen LogP contribution in [-0.4, -0.2) is 60.7 Å². The lowest BCUT2D eigenvalue weighted by atomic mass is 9.85. The number of rotatable bonds is 7. The van der Waals surface area contributed by atoms with E-state index in [9.17, 15) is 9.90 Å². The van der Waals surface area contributed by atoms with Gasteiger partial charge in [-0.2, -0.15) is 5.26 Å². The summed E-state index contributed by atoms with van der Waals surface area (Å²) in [6.45, 7) is 7.20. The molecule has 0 spiro atoms. The minimum Gasteiger partial charge on any atom is -0.396 e. The van der Waals surface area contributed by atoms with Crippen LogP contribution in [0.2, 0.25) is 0 Å². The molecule has 9 nitrogen and oxygen atoms in total. The van der Waals surface area contributed by atoms with Gasteiger partial charge in [0.2, 0.25) is 5.91 Å². The number of amides is 1. The van der Waals surface area contributed by atoms with Gasteiger partial charge in [-0.1, -0.05) is 31.9 Å². The number of carbonyl (C=O) groups excluding carboxylic acids is 2. The van der Waals surface area contributed by atoms with Crippen molar-refractivity contribution < 1.29 is 19.8 Å². The molecule has 1 aromatic carbocycles. The van der Waals surface area contributed by atoms with Gasteiger partial charge in [0.05, 0.1) is 18.6 Å². The van der Waals surface area contributed by atoms with Gasteiger partial charge in [0.25, 0.3) is 0 Å². The molecule has 7 N–H and O–H groups in total. The third kappa shape index (κ3) is 13.4. The smallest absolute Gasteiger partial charge is 0.223 e. The van der Waals surface area contributed by atoms with Crippen LogP contribution in [0.25, 0.3) is 0 Å². The molecule has 33 heavy (non-hydrogen) atoms. The highest BCUT2D eigenvalue weighted by Gasteiger charge is 2.29. The molecule has 0 bridgehead atoms. The van der Waals surface area contributed by atoms with Crippen molar-refractivity contribution in [3.05, 3.63) is 35.4 Å². The first-order valence-electron chi connectivity index (χ1n) is 10.6. The van der Waals surface area contributed by atoms with Crippen molar-refractivity contribution in [2.75, 3.05) is 26.7 Å². The van der Waals surface area contributed by atoms with Crippen molar-refractivity contribution in [2.24, 2.45) is 17.1 Å². The molecule has 1 saturated heterocycles. The van der Waals surface area contributed by atoms with Crippen molar-refractivity contribution in [3.63, 3.8) is 0 Å². The molecule has 2 rings (SSSR count). The maximum Gasteiger partial charge on any atom is 0.223 e. The van der Waals surface area contributed by atoms with Gasteiger partial charge in [-0.15, -0.1) is 6.42 Å². The van der Waals surface area contributed by atoms with Crippen molar-refractivity contribution in [3.8, 4) is 18.4 Å². The van der Waals surface area contributed by atoms with Crippen LogP contribution in [0.3, 0.4) is 0 Å². The normalized spacial score (nSPS) is 15.2. The highest BCUT2D eigenvalue weighted by atomic mass is 16.3. The number of nitriles is 1. The zero-order valence-electron chi connectivity index (χ0n) is 20.0. The van der Waals surface area contributed by atoms with E-state index in [1.54, 1.807) is 4.90 Å². The molecule has 1 fully saturated rings. The Morgan fingerprint density at radius 1 is 1.36 bits per heavy atom. The zero-order chi connectivity index (χ0) is 25.9. The Morgan fingerprint density at radius 2 is 1.94 bits per heavy atom. The second-order valence-electron chi connectivity index (χ2n) is 8.07. The first kappa shape index (κ1) is 32.4. The molecule has 0 radical (unpaired) electrons. The van der Waals surface area contributed by atoms with Gasteiger partial charge in [0, 0.05) is 37.7 Å². The molecule has 1 aliphatic heterocycles. The van der Waals surface area contributed by atoms with Gasteiger partial charge < -0.3 is 25.2 Å². The number of terminal acetylenes is 1. The molecular weight excluding hydrogens is 422 g/mol. The van der Waals surface area contributed by atoms with Crippen LogP contribution in [0.4, 0.5) is 0 Å². The number of nitrogens with two attached hydrogens (primary N) is 2. The lowest BCUT2D eigenvalue weighted by Gasteiger charge is -2.26. The first-order chi connectivity index (χ1) is 15.8. The van der Waals surface area contributed by atoms with E-state index in [1.165, 1.54) is 0 Å². The minimum atomic E-state index is -0.352. The summed E-state index contributed by atoms with van der Waals surface area (Å²) < 4.78 is 0. The number of nitrogens with one attached hydrogen (secondary N) is 1. The number of nitrogens with zero attached hydrogens (tertiary/aromatic N) is 2. The molecule has 2 atom stereocenters. The number of aliphatic hydroxyl groups is 2. The summed E-state index contributed by atoms with van der Waals surface area (Å²) >= 11 is 0. The van der Waals surface area contributed by atoms with E-state index >= 15 is 0 Å². The summed E-state index contributed by atoms with van der Waals surface area (Å²) in [6.07, 6.45) is 7.13. The zero-order valence-corrected chi connectivity index (χ0v) is 20.0. The number of carbonyl (C=O) groups is 2. The Kier molecular flexibility index (Phi) is 18.4. The number of aliphatic hydroxyl groups excluding tert-OH is 2. The fraction of sp³-hybridized carbons (Fsp3) is 0.542. The molecule has 1 heterocycles. The molecular formula is C24H39N5O4. The van der Waals surface area contributed by atoms with Crippen LogP contribution in [0.15, 0.2) is 24.3 Å². The summed E-state index contributed by atoms with van der Waals surface area (Å²) in [5.74, 6) is 10.6. The largest absolute Gasteiger partial charge is 0.396 e. The number of likely N-dealkylation sites (tertiary alicyclic amines) is 1. The molecule has 1 aliphatic rings. The summed E-state index contributed by atoms with van der Waals surface area (Å²) in [6, 6.07) is 9.91. The van der Waals surface area contributed by atoms with E-state index in [1.807, 2.05) is 51.9 Å². The van der Waals surface area contributed by atoms with E-state index in [-0.39, 0.29) is 30.1 Å². The van der Waals surface area contributed by atoms with Crippen molar-refractivity contribution in [1.29, 1.82) is 5.26 Å². The second kappa shape index (κ2) is 18.8. The summed E-state index contributed by atoms with van der Waals surface area (Å²) in [4.78, 5) is 21.5. The van der Waals surface area contributed by atoms with Gasteiger partial charge in [-0.05, 0) is 43.0 Å². The third-order valence-corrected chi connectivity index (χ3v) is 5.06. The van der Waals surface area contributed by atoms with Crippen LogP contribution in [0, 0.1) is 29.1 Å². The van der Waals surface area contributed by atoms with Crippen molar-refractivity contribution in [1.82, 2.24) is 10.2 Å². The third-order valence-electron chi connectivity index (χ3n) is 5.06. The Morgan fingerprint density at radius 3 is 2.33 bits per heavy atom. The Balaban J connectivity index is 0. The molecule has 0 aliphatic carbocycles. The summed E-state index contributed by atoms with van der Waals surface area (Å²) in [5, 5.41) is 29.9. The molecule has 0 saturated carbocycles. The molecule has 9 heteroatoms. The Bertz CT molecular complexity index is 741. The monoisotopic (exact) mass is 461 g/mol. The molecule has 184 valence electrons. The fourth-order valence-corrected chi connectivity index (χ4v) is 3.17. The predicted octanol–water partition coefficient (Wildman–Crippen LogP) is 0.854.